The second kappa shape index (κ2) is 8.29. The van der Waals surface area contributed by atoms with E-state index in [4.69, 9.17) is 10.7 Å². The number of amides is 2. The zero-order valence-electron chi connectivity index (χ0n) is 16.2. The van der Waals surface area contributed by atoms with Crippen LogP contribution in [0.2, 0.25) is 0 Å². The summed E-state index contributed by atoms with van der Waals surface area (Å²) < 4.78 is 13.0. The highest BCUT2D eigenvalue weighted by Gasteiger charge is 2.28. The van der Waals surface area contributed by atoms with Crippen LogP contribution < -0.4 is 11.1 Å². The first-order valence-corrected chi connectivity index (χ1v) is 10.1. The van der Waals surface area contributed by atoms with Crippen LogP contribution in [0.3, 0.4) is 0 Å². The van der Waals surface area contributed by atoms with Gasteiger partial charge in [-0.25, -0.2) is 4.39 Å². The molecule has 1 unspecified atom stereocenters. The van der Waals surface area contributed by atoms with Gasteiger partial charge in [0, 0.05) is 37.7 Å². The summed E-state index contributed by atoms with van der Waals surface area (Å²) in [6, 6.07) is 9.26. The highest BCUT2D eigenvalue weighted by atomic mass is 19.1. The lowest BCUT2D eigenvalue weighted by Gasteiger charge is -2.33. The molecular formula is C22H25FN4O2. The maximum atomic E-state index is 13.0. The van der Waals surface area contributed by atoms with E-state index < -0.39 is 6.04 Å². The van der Waals surface area contributed by atoms with E-state index in [2.05, 4.69) is 5.32 Å². The fourth-order valence-corrected chi connectivity index (χ4v) is 4.12. The Morgan fingerprint density at radius 2 is 1.93 bits per heavy atom. The number of rotatable bonds is 4. The monoisotopic (exact) mass is 396 g/mol. The van der Waals surface area contributed by atoms with E-state index in [1.807, 2.05) is 17.0 Å². The lowest BCUT2D eigenvalue weighted by atomic mass is 9.91. The zero-order chi connectivity index (χ0) is 20.4. The van der Waals surface area contributed by atoms with Gasteiger partial charge in [-0.3, -0.25) is 14.6 Å². The molecule has 0 saturated carbocycles. The number of pyridine rings is 1. The van der Waals surface area contributed by atoms with Crippen molar-refractivity contribution >= 4 is 11.8 Å². The third kappa shape index (κ3) is 4.29. The molecule has 1 saturated heterocycles. The lowest BCUT2D eigenvalue weighted by Crippen LogP contribution is -2.47. The minimum atomic E-state index is -0.627. The average molecular weight is 396 g/mol. The van der Waals surface area contributed by atoms with Crippen LogP contribution >= 0.6 is 0 Å². The van der Waals surface area contributed by atoms with Gasteiger partial charge in [0.2, 0.25) is 5.91 Å². The summed E-state index contributed by atoms with van der Waals surface area (Å²) in [5.41, 5.74) is 9.50. The van der Waals surface area contributed by atoms with Crippen molar-refractivity contribution in [2.75, 3.05) is 19.6 Å². The second-order valence-corrected chi connectivity index (χ2v) is 7.77. The maximum Gasteiger partial charge on any atom is 0.253 e. The highest BCUT2D eigenvalue weighted by molar-refractivity contribution is 5.96. The standard InChI is InChI=1S/C22H25FN4O2/c23-16-3-1-14(2-4-16)13-18(24)22(29)27-11-8-15(9-12-27)19-6-5-17-20(26-19)7-10-25-21(17)28/h1-6,15,18H,7-13,24H2,(H,25,28). The molecular weight excluding hydrogens is 371 g/mol. The fourth-order valence-electron chi connectivity index (χ4n) is 4.12. The number of carbonyl (C=O) groups is 2. The summed E-state index contributed by atoms with van der Waals surface area (Å²) in [7, 11) is 0. The summed E-state index contributed by atoms with van der Waals surface area (Å²) in [5.74, 6) is -0.140. The number of hydrogen-bond donors (Lipinski definition) is 2. The van der Waals surface area contributed by atoms with Gasteiger partial charge in [0.05, 0.1) is 17.3 Å². The van der Waals surface area contributed by atoms with Gasteiger partial charge in [0.15, 0.2) is 0 Å². The van der Waals surface area contributed by atoms with Crippen LogP contribution in [0.15, 0.2) is 36.4 Å². The van der Waals surface area contributed by atoms with Crippen LogP contribution in [-0.2, 0) is 17.6 Å². The number of fused-ring (bicyclic) bond motifs is 1. The molecule has 152 valence electrons. The number of benzene rings is 1. The minimum Gasteiger partial charge on any atom is -0.352 e. The molecule has 2 amide bonds. The van der Waals surface area contributed by atoms with Crippen LogP contribution in [0.5, 0.6) is 0 Å². The van der Waals surface area contributed by atoms with Crippen molar-refractivity contribution in [3.05, 3.63) is 64.7 Å². The molecule has 29 heavy (non-hydrogen) atoms. The molecule has 0 radical (unpaired) electrons. The predicted molar refractivity (Wildman–Crippen MR) is 107 cm³/mol. The summed E-state index contributed by atoms with van der Waals surface area (Å²) in [6.45, 7) is 1.90. The van der Waals surface area contributed by atoms with E-state index in [1.54, 1.807) is 12.1 Å². The van der Waals surface area contributed by atoms with Crippen molar-refractivity contribution in [2.45, 2.75) is 37.6 Å². The highest BCUT2D eigenvalue weighted by Crippen LogP contribution is 2.28. The predicted octanol–water partition coefficient (Wildman–Crippen LogP) is 1.78. The Hall–Kier alpha value is -2.80. The van der Waals surface area contributed by atoms with Gasteiger partial charge in [0.1, 0.15) is 5.82 Å². The molecule has 3 heterocycles. The molecule has 1 aromatic heterocycles. The number of nitrogens with zero attached hydrogens (tertiary/aromatic N) is 2. The Balaban J connectivity index is 1.34. The van der Waals surface area contributed by atoms with Crippen LogP contribution in [0, 0.1) is 5.82 Å². The molecule has 6 nitrogen and oxygen atoms in total. The van der Waals surface area contributed by atoms with Crippen molar-refractivity contribution in [1.29, 1.82) is 0 Å². The number of piperidine rings is 1. The lowest BCUT2D eigenvalue weighted by molar-refractivity contribution is -0.133. The minimum absolute atomic E-state index is 0.0548. The average Bonchev–Trinajstić information content (AvgIpc) is 2.75. The van der Waals surface area contributed by atoms with E-state index in [0.29, 0.717) is 31.6 Å². The van der Waals surface area contributed by atoms with Gasteiger partial charge < -0.3 is 16.0 Å². The first-order valence-electron chi connectivity index (χ1n) is 10.1. The zero-order valence-corrected chi connectivity index (χ0v) is 16.2. The Labute approximate surface area is 169 Å². The molecule has 2 aliphatic heterocycles. The largest absolute Gasteiger partial charge is 0.352 e. The quantitative estimate of drug-likeness (QED) is 0.825. The Bertz CT molecular complexity index is 908. The molecule has 0 spiro atoms. The number of aromatic nitrogens is 1. The molecule has 7 heteroatoms. The third-order valence-corrected chi connectivity index (χ3v) is 5.80. The fraction of sp³-hybridized carbons (Fsp3) is 0.409. The summed E-state index contributed by atoms with van der Waals surface area (Å²) in [4.78, 5) is 31.1. The summed E-state index contributed by atoms with van der Waals surface area (Å²) >= 11 is 0. The number of likely N-dealkylation sites (tertiary alicyclic amines) is 1. The summed E-state index contributed by atoms with van der Waals surface area (Å²) in [5, 5.41) is 2.83. The van der Waals surface area contributed by atoms with Gasteiger partial charge in [-0.15, -0.1) is 0 Å². The van der Waals surface area contributed by atoms with Gasteiger partial charge >= 0.3 is 0 Å². The van der Waals surface area contributed by atoms with Gasteiger partial charge in [-0.2, -0.15) is 0 Å². The van der Waals surface area contributed by atoms with Crippen LogP contribution in [-0.4, -0.2) is 47.4 Å². The van der Waals surface area contributed by atoms with E-state index in [9.17, 15) is 14.0 Å². The third-order valence-electron chi connectivity index (χ3n) is 5.80. The topological polar surface area (TPSA) is 88.3 Å². The first-order chi connectivity index (χ1) is 14.0. The molecule has 2 aliphatic rings. The Morgan fingerprint density at radius 3 is 2.66 bits per heavy atom. The van der Waals surface area contributed by atoms with E-state index in [0.717, 1.165) is 36.2 Å². The van der Waals surface area contributed by atoms with Crippen molar-refractivity contribution in [1.82, 2.24) is 15.2 Å². The molecule has 0 bridgehead atoms. The normalized spacial score (nSPS) is 18.1. The molecule has 4 rings (SSSR count). The van der Waals surface area contributed by atoms with Crippen molar-refractivity contribution in [3.8, 4) is 0 Å². The number of nitrogens with two attached hydrogens (primary N) is 1. The number of hydrogen-bond acceptors (Lipinski definition) is 4. The molecule has 2 aromatic rings. The number of halogens is 1. The van der Waals surface area contributed by atoms with E-state index >= 15 is 0 Å². The number of nitrogens with one attached hydrogen (secondary N) is 1. The summed E-state index contributed by atoms with van der Waals surface area (Å²) in [6.07, 6.45) is 2.80. The second-order valence-electron chi connectivity index (χ2n) is 7.77. The number of carbonyl (C=O) groups excluding carboxylic acids is 2. The van der Waals surface area contributed by atoms with Crippen LogP contribution in [0.4, 0.5) is 4.39 Å². The Morgan fingerprint density at radius 1 is 1.21 bits per heavy atom. The van der Waals surface area contributed by atoms with Crippen molar-refractivity contribution in [2.24, 2.45) is 5.73 Å². The van der Waals surface area contributed by atoms with Crippen molar-refractivity contribution < 1.29 is 14.0 Å². The van der Waals surface area contributed by atoms with Gasteiger partial charge in [-0.05, 0) is 49.1 Å². The molecule has 1 atom stereocenters. The molecule has 1 aromatic carbocycles. The van der Waals surface area contributed by atoms with Crippen molar-refractivity contribution in [3.63, 3.8) is 0 Å². The molecule has 1 fully saturated rings. The van der Waals surface area contributed by atoms with Gasteiger partial charge in [-0.1, -0.05) is 12.1 Å². The first kappa shape index (κ1) is 19.5. The van der Waals surface area contributed by atoms with Gasteiger partial charge in [0.25, 0.3) is 5.91 Å². The molecule has 0 aliphatic carbocycles. The Kier molecular flexibility index (Phi) is 5.58. The molecule has 3 N–H and O–H groups in total. The van der Waals surface area contributed by atoms with Crippen LogP contribution in [0.1, 0.15) is 46.1 Å². The maximum absolute atomic E-state index is 13.0. The van der Waals surface area contributed by atoms with E-state index in [-0.39, 0.29) is 23.5 Å². The van der Waals surface area contributed by atoms with Crippen LogP contribution in [0.25, 0.3) is 0 Å². The smallest absolute Gasteiger partial charge is 0.253 e. The SMILES string of the molecule is NC(Cc1ccc(F)cc1)C(=O)N1CCC(c2ccc3c(n2)CCNC3=O)CC1. The van der Waals surface area contributed by atoms with E-state index in [1.165, 1.54) is 12.1 Å².